The maximum atomic E-state index is 12.4. The molecule has 9 heteroatoms. The average molecular weight is 397 g/mol. The van der Waals surface area contributed by atoms with E-state index in [0.29, 0.717) is 28.9 Å². The number of aromatic nitrogens is 3. The van der Waals surface area contributed by atoms with Crippen LogP contribution in [-0.4, -0.2) is 33.4 Å². The van der Waals surface area contributed by atoms with Gasteiger partial charge in [-0.1, -0.05) is 0 Å². The van der Waals surface area contributed by atoms with E-state index in [2.05, 4.69) is 25.6 Å². The van der Waals surface area contributed by atoms with Crippen LogP contribution in [0.4, 0.5) is 16.8 Å². The highest BCUT2D eigenvalue weighted by atomic mass is 32.1. The number of anilines is 3. The second-order valence-corrected chi connectivity index (χ2v) is 6.75. The molecule has 0 aliphatic heterocycles. The Bertz CT molecular complexity index is 981. The van der Waals surface area contributed by atoms with E-state index in [-0.39, 0.29) is 11.6 Å². The summed E-state index contributed by atoms with van der Waals surface area (Å²) in [5.41, 5.74) is 2.93. The van der Waals surface area contributed by atoms with Crippen molar-refractivity contribution in [3.8, 4) is 0 Å². The fourth-order valence-corrected chi connectivity index (χ4v) is 3.10. The number of nitrogens with one attached hydrogen (secondary N) is 2. The molecule has 0 aliphatic carbocycles. The fraction of sp³-hybridized carbons (Fsp3) is 0.211. The van der Waals surface area contributed by atoms with Crippen LogP contribution < -0.4 is 10.6 Å². The molecule has 1 aromatic carbocycles. The minimum atomic E-state index is -0.399. The van der Waals surface area contributed by atoms with Crippen molar-refractivity contribution in [3.05, 3.63) is 58.4 Å². The van der Waals surface area contributed by atoms with Gasteiger partial charge in [-0.2, -0.15) is 0 Å². The summed E-state index contributed by atoms with van der Waals surface area (Å²) < 4.78 is 4.93. The predicted molar refractivity (Wildman–Crippen MR) is 107 cm³/mol. The number of nitrogens with zero attached hydrogens (tertiary/aromatic N) is 3. The number of hydrogen-bond donors (Lipinski definition) is 2. The van der Waals surface area contributed by atoms with Crippen LogP contribution in [0.3, 0.4) is 0 Å². The standard InChI is InChI=1S/C19H19N5O3S/c1-4-27-17(26)13-5-7-14(8-6-13)22-16(25)15-10-28-19(23-15)24-18-20-11(2)9-12(3)21-18/h5-10H,4H2,1-3H3,(H,22,25)(H,20,21,23,24). The predicted octanol–water partition coefficient (Wildman–Crippen LogP) is 3.72. The maximum Gasteiger partial charge on any atom is 0.338 e. The van der Waals surface area contributed by atoms with E-state index in [1.807, 2.05) is 19.9 Å². The number of aryl methyl sites for hydroxylation is 2. The first-order valence-corrected chi connectivity index (χ1v) is 9.46. The lowest BCUT2D eigenvalue weighted by atomic mass is 10.2. The maximum absolute atomic E-state index is 12.4. The molecule has 0 unspecified atom stereocenters. The van der Waals surface area contributed by atoms with Crippen molar-refractivity contribution < 1.29 is 14.3 Å². The summed E-state index contributed by atoms with van der Waals surface area (Å²) in [5.74, 6) is -0.313. The summed E-state index contributed by atoms with van der Waals surface area (Å²) >= 11 is 1.28. The Labute approximate surface area is 166 Å². The smallest absolute Gasteiger partial charge is 0.338 e. The van der Waals surface area contributed by atoms with Gasteiger partial charge in [-0.05, 0) is 51.1 Å². The summed E-state index contributed by atoms with van der Waals surface area (Å²) in [6.45, 7) is 5.82. The van der Waals surface area contributed by atoms with Crippen molar-refractivity contribution in [1.82, 2.24) is 15.0 Å². The molecule has 2 aromatic heterocycles. The number of carbonyl (C=O) groups is 2. The van der Waals surface area contributed by atoms with Crippen LogP contribution >= 0.6 is 11.3 Å². The molecule has 0 fully saturated rings. The Morgan fingerprint density at radius 2 is 1.75 bits per heavy atom. The minimum absolute atomic E-state index is 0.270. The van der Waals surface area contributed by atoms with Gasteiger partial charge in [0.15, 0.2) is 5.13 Å². The molecule has 1 amide bonds. The van der Waals surface area contributed by atoms with Gasteiger partial charge in [0, 0.05) is 22.5 Å². The zero-order valence-corrected chi connectivity index (χ0v) is 16.5. The van der Waals surface area contributed by atoms with Gasteiger partial charge in [0.2, 0.25) is 5.95 Å². The lowest BCUT2D eigenvalue weighted by Crippen LogP contribution is -2.13. The number of rotatable bonds is 6. The van der Waals surface area contributed by atoms with Crippen molar-refractivity contribution in [1.29, 1.82) is 0 Å². The SMILES string of the molecule is CCOC(=O)c1ccc(NC(=O)c2csc(Nc3nc(C)cc(C)n3)n2)cc1. The number of hydrogen-bond acceptors (Lipinski definition) is 8. The fourth-order valence-electron chi connectivity index (χ4n) is 2.41. The van der Waals surface area contributed by atoms with Crippen LogP contribution in [-0.2, 0) is 4.74 Å². The van der Waals surface area contributed by atoms with Crippen molar-refractivity contribution in [2.45, 2.75) is 20.8 Å². The quantitative estimate of drug-likeness (QED) is 0.611. The topological polar surface area (TPSA) is 106 Å². The molecule has 0 radical (unpaired) electrons. The Morgan fingerprint density at radius 1 is 1.07 bits per heavy atom. The lowest BCUT2D eigenvalue weighted by molar-refractivity contribution is 0.0526. The molecule has 0 aliphatic rings. The van der Waals surface area contributed by atoms with E-state index < -0.39 is 5.97 Å². The zero-order valence-electron chi connectivity index (χ0n) is 15.6. The van der Waals surface area contributed by atoms with E-state index in [0.717, 1.165) is 11.4 Å². The largest absolute Gasteiger partial charge is 0.462 e. The number of benzene rings is 1. The molecule has 28 heavy (non-hydrogen) atoms. The molecule has 0 atom stereocenters. The van der Waals surface area contributed by atoms with E-state index in [1.54, 1.807) is 36.6 Å². The van der Waals surface area contributed by atoms with Crippen LogP contribution in [0.1, 0.15) is 39.2 Å². The number of carbonyl (C=O) groups excluding carboxylic acids is 2. The summed E-state index contributed by atoms with van der Waals surface area (Å²) in [5, 5.41) is 7.92. The monoisotopic (exact) mass is 397 g/mol. The Morgan fingerprint density at radius 3 is 2.39 bits per heavy atom. The Hall–Kier alpha value is -3.33. The Balaban J connectivity index is 1.64. The van der Waals surface area contributed by atoms with Gasteiger partial charge in [0.25, 0.3) is 5.91 Å². The van der Waals surface area contributed by atoms with Crippen molar-refractivity contribution in [2.24, 2.45) is 0 Å². The van der Waals surface area contributed by atoms with Gasteiger partial charge >= 0.3 is 5.97 Å². The molecule has 0 spiro atoms. The van der Waals surface area contributed by atoms with E-state index >= 15 is 0 Å². The molecule has 0 saturated carbocycles. The summed E-state index contributed by atoms with van der Waals surface area (Å²) in [4.78, 5) is 36.9. The summed E-state index contributed by atoms with van der Waals surface area (Å²) in [7, 11) is 0. The molecular formula is C19H19N5O3S. The first kappa shape index (κ1) is 19.4. The molecule has 2 heterocycles. The third-order valence-electron chi connectivity index (χ3n) is 3.59. The third-order valence-corrected chi connectivity index (χ3v) is 4.35. The van der Waals surface area contributed by atoms with E-state index in [9.17, 15) is 9.59 Å². The van der Waals surface area contributed by atoms with Gasteiger partial charge in [0.1, 0.15) is 5.69 Å². The molecule has 0 saturated heterocycles. The third kappa shape index (κ3) is 4.89. The van der Waals surface area contributed by atoms with E-state index in [4.69, 9.17) is 4.74 Å². The van der Waals surface area contributed by atoms with Crippen LogP contribution in [0, 0.1) is 13.8 Å². The molecular weight excluding hydrogens is 378 g/mol. The number of esters is 1. The van der Waals surface area contributed by atoms with Gasteiger partial charge in [0.05, 0.1) is 12.2 Å². The lowest BCUT2D eigenvalue weighted by Gasteiger charge is -2.05. The van der Waals surface area contributed by atoms with E-state index in [1.165, 1.54) is 11.3 Å². The summed E-state index contributed by atoms with van der Waals surface area (Å²) in [6, 6.07) is 8.34. The van der Waals surface area contributed by atoms with Gasteiger partial charge in [-0.15, -0.1) is 11.3 Å². The first-order chi connectivity index (χ1) is 13.4. The highest BCUT2D eigenvalue weighted by Crippen LogP contribution is 2.20. The normalized spacial score (nSPS) is 10.4. The second-order valence-electron chi connectivity index (χ2n) is 5.89. The Kier molecular flexibility index (Phi) is 5.95. The van der Waals surface area contributed by atoms with Crippen molar-refractivity contribution in [2.75, 3.05) is 17.2 Å². The van der Waals surface area contributed by atoms with Gasteiger partial charge in [-0.3, -0.25) is 4.79 Å². The number of amides is 1. The minimum Gasteiger partial charge on any atom is -0.462 e. The highest BCUT2D eigenvalue weighted by Gasteiger charge is 2.13. The number of thiazole rings is 1. The molecule has 3 rings (SSSR count). The average Bonchev–Trinajstić information content (AvgIpc) is 3.10. The molecule has 8 nitrogen and oxygen atoms in total. The van der Waals surface area contributed by atoms with Crippen molar-refractivity contribution in [3.63, 3.8) is 0 Å². The molecule has 2 N–H and O–H groups in total. The van der Waals surface area contributed by atoms with Crippen LogP contribution in [0.15, 0.2) is 35.7 Å². The van der Waals surface area contributed by atoms with Gasteiger partial charge < -0.3 is 15.4 Å². The van der Waals surface area contributed by atoms with Crippen molar-refractivity contribution >= 4 is 40.0 Å². The molecule has 3 aromatic rings. The first-order valence-electron chi connectivity index (χ1n) is 8.58. The highest BCUT2D eigenvalue weighted by molar-refractivity contribution is 7.14. The molecule has 0 bridgehead atoms. The zero-order chi connectivity index (χ0) is 20.1. The van der Waals surface area contributed by atoms with Crippen LogP contribution in [0.5, 0.6) is 0 Å². The second kappa shape index (κ2) is 8.57. The van der Waals surface area contributed by atoms with Crippen LogP contribution in [0.2, 0.25) is 0 Å². The van der Waals surface area contributed by atoms with Gasteiger partial charge in [-0.25, -0.2) is 19.7 Å². The number of ether oxygens (including phenoxy) is 1. The van der Waals surface area contributed by atoms with Crippen LogP contribution in [0.25, 0.3) is 0 Å². The molecule has 144 valence electrons. The summed E-state index contributed by atoms with van der Waals surface area (Å²) in [6.07, 6.45) is 0.